The van der Waals surface area contributed by atoms with Crippen molar-refractivity contribution >= 4 is 53.9 Å². The van der Waals surface area contributed by atoms with Gasteiger partial charge in [0, 0.05) is 5.41 Å². The van der Waals surface area contributed by atoms with Crippen molar-refractivity contribution in [3.63, 3.8) is 0 Å². The number of benzene rings is 9. The van der Waals surface area contributed by atoms with Crippen LogP contribution in [0.25, 0.3) is 87.2 Å². The van der Waals surface area contributed by atoms with Crippen LogP contribution in [0.1, 0.15) is 25.0 Å². The van der Waals surface area contributed by atoms with E-state index in [0.717, 1.165) is 0 Å². The second kappa shape index (κ2) is 8.80. The molecule has 0 heterocycles. The number of fused-ring (bicyclic) bond motifs is 5. The summed E-state index contributed by atoms with van der Waals surface area (Å²) < 4.78 is 0. The highest BCUT2D eigenvalue weighted by atomic mass is 14.4. The van der Waals surface area contributed by atoms with E-state index in [9.17, 15) is 0 Å². The molecule has 210 valence electrons. The lowest BCUT2D eigenvalue weighted by molar-refractivity contribution is 0.661. The fraction of sp³-hybridized carbons (Fsp3) is 0.0667. The Hall–Kier alpha value is -5.46. The van der Waals surface area contributed by atoms with Gasteiger partial charge in [0.05, 0.1) is 0 Å². The van der Waals surface area contributed by atoms with Crippen LogP contribution in [0.2, 0.25) is 0 Å². The molecule has 9 aromatic rings. The molecule has 0 heteroatoms. The second-order valence-corrected chi connectivity index (χ2v) is 13.4. The monoisotopic (exact) mass is 570 g/mol. The molecule has 0 unspecified atom stereocenters. The van der Waals surface area contributed by atoms with E-state index in [0.29, 0.717) is 0 Å². The van der Waals surface area contributed by atoms with Gasteiger partial charge in [-0.2, -0.15) is 0 Å². The molecule has 0 amide bonds. The predicted octanol–water partition coefficient (Wildman–Crippen LogP) is 12.5. The van der Waals surface area contributed by atoms with Crippen molar-refractivity contribution in [2.75, 3.05) is 0 Å². The Balaban J connectivity index is 1.12. The van der Waals surface area contributed by atoms with Crippen LogP contribution in [0, 0.1) is 0 Å². The molecule has 0 fully saturated rings. The van der Waals surface area contributed by atoms with Gasteiger partial charge in [-0.15, -0.1) is 0 Å². The Bertz CT molecular complexity index is 2600. The van der Waals surface area contributed by atoms with Gasteiger partial charge in [0.1, 0.15) is 0 Å². The van der Waals surface area contributed by atoms with Gasteiger partial charge in [0.2, 0.25) is 0 Å². The van der Waals surface area contributed by atoms with Gasteiger partial charge in [-0.3, -0.25) is 0 Å². The summed E-state index contributed by atoms with van der Waals surface area (Å²) >= 11 is 0. The summed E-state index contributed by atoms with van der Waals surface area (Å²) in [6, 6.07) is 54.8. The van der Waals surface area contributed by atoms with Crippen LogP contribution in [0.4, 0.5) is 0 Å². The van der Waals surface area contributed by atoms with Crippen molar-refractivity contribution in [1.29, 1.82) is 0 Å². The zero-order valence-electron chi connectivity index (χ0n) is 25.4. The third-order valence-electron chi connectivity index (χ3n) is 10.5. The van der Waals surface area contributed by atoms with Crippen molar-refractivity contribution in [3.8, 4) is 33.4 Å². The van der Waals surface area contributed by atoms with Gasteiger partial charge in [-0.05, 0) is 135 Å². The van der Waals surface area contributed by atoms with Gasteiger partial charge >= 0.3 is 0 Å². The molecular formula is C45H30. The van der Waals surface area contributed by atoms with Crippen LogP contribution < -0.4 is 0 Å². The minimum Gasteiger partial charge on any atom is -0.0616 e. The first kappa shape index (κ1) is 24.9. The Morgan fingerprint density at radius 3 is 1.71 bits per heavy atom. The maximum absolute atomic E-state index is 2.47. The third kappa shape index (κ3) is 3.48. The highest BCUT2D eigenvalue weighted by Crippen LogP contribution is 2.52. The molecule has 0 nitrogen and oxygen atoms in total. The van der Waals surface area contributed by atoms with Crippen LogP contribution >= 0.6 is 0 Å². The van der Waals surface area contributed by atoms with E-state index >= 15 is 0 Å². The maximum Gasteiger partial charge on any atom is 0.0159 e. The Morgan fingerprint density at radius 2 is 0.911 bits per heavy atom. The molecule has 0 saturated heterocycles. The van der Waals surface area contributed by atoms with Crippen LogP contribution in [0.15, 0.2) is 146 Å². The van der Waals surface area contributed by atoms with Gasteiger partial charge in [0.15, 0.2) is 0 Å². The van der Waals surface area contributed by atoms with Gasteiger partial charge in [-0.1, -0.05) is 123 Å². The molecule has 1 aliphatic rings. The number of hydrogen-bond acceptors (Lipinski definition) is 0. The van der Waals surface area contributed by atoms with Crippen LogP contribution in [0.3, 0.4) is 0 Å². The molecule has 0 bridgehead atoms. The lowest BCUT2D eigenvalue weighted by Crippen LogP contribution is -2.15. The summed E-state index contributed by atoms with van der Waals surface area (Å²) in [5, 5.41) is 13.2. The molecular weight excluding hydrogens is 540 g/mol. The lowest BCUT2D eigenvalue weighted by atomic mass is 9.80. The summed E-state index contributed by atoms with van der Waals surface area (Å²) in [6.07, 6.45) is 0. The van der Waals surface area contributed by atoms with E-state index in [-0.39, 0.29) is 5.41 Å². The van der Waals surface area contributed by atoms with E-state index in [1.54, 1.807) is 0 Å². The van der Waals surface area contributed by atoms with Crippen molar-refractivity contribution in [2.24, 2.45) is 0 Å². The molecule has 9 aromatic carbocycles. The third-order valence-corrected chi connectivity index (χ3v) is 10.5. The average molecular weight is 571 g/mol. The normalized spacial score (nSPS) is 13.7. The van der Waals surface area contributed by atoms with Crippen molar-refractivity contribution in [3.05, 3.63) is 157 Å². The largest absolute Gasteiger partial charge is 0.0616 e. The molecule has 0 radical (unpaired) electrons. The summed E-state index contributed by atoms with van der Waals surface area (Å²) in [4.78, 5) is 0. The molecule has 0 atom stereocenters. The minimum absolute atomic E-state index is 0.110. The molecule has 0 N–H and O–H groups in total. The standard InChI is InChI=1S/C45H30/c1-45(2)41-25-31(36-22-34-17-14-28-9-5-10-29-15-18-35(23-36)44(34)43(28)29)19-20-38(41)40-24-32-11-6-12-37(39(32)26-42(40)45)33-16-13-27-7-3-4-8-30(27)21-33/h3-26H,1-2H3. The molecule has 10 rings (SSSR count). The minimum atomic E-state index is -0.110. The van der Waals surface area contributed by atoms with E-state index in [4.69, 9.17) is 0 Å². The Labute approximate surface area is 262 Å². The van der Waals surface area contributed by atoms with Crippen molar-refractivity contribution in [2.45, 2.75) is 19.3 Å². The first-order valence-electron chi connectivity index (χ1n) is 15.9. The fourth-order valence-corrected chi connectivity index (χ4v) is 8.22. The zero-order valence-corrected chi connectivity index (χ0v) is 25.4. The Morgan fingerprint density at radius 1 is 0.333 bits per heavy atom. The van der Waals surface area contributed by atoms with E-state index in [1.807, 2.05) is 0 Å². The lowest BCUT2D eigenvalue weighted by Gasteiger charge is -2.23. The van der Waals surface area contributed by atoms with Crippen LogP contribution in [0.5, 0.6) is 0 Å². The first-order valence-corrected chi connectivity index (χ1v) is 15.9. The fourth-order valence-electron chi connectivity index (χ4n) is 8.22. The van der Waals surface area contributed by atoms with Crippen molar-refractivity contribution in [1.82, 2.24) is 0 Å². The SMILES string of the molecule is CC1(C)c2cc(-c3cc4ccc5cccc6ccc(c3)c4c56)ccc2-c2cc3cccc(-c4ccc5ccccc5c4)c3cc21. The van der Waals surface area contributed by atoms with Gasteiger partial charge in [0.25, 0.3) is 0 Å². The molecule has 0 spiro atoms. The molecule has 45 heavy (non-hydrogen) atoms. The highest BCUT2D eigenvalue weighted by molar-refractivity contribution is 6.23. The summed E-state index contributed by atoms with van der Waals surface area (Å²) in [5.74, 6) is 0. The Kier molecular flexibility index (Phi) is 4.88. The molecule has 1 aliphatic carbocycles. The quantitative estimate of drug-likeness (QED) is 0.181. The zero-order chi connectivity index (χ0) is 29.9. The number of rotatable bonds is 2. The molecule has 0 aromatic heterocycles. The topological polar surface area (TPSA) is 0 Å². The highest BCUT2D eigenvalue weighted by Gasteiger charge is 2.36. The van der Waals surface area contributed by atoms with E-state index < -0.39 is 0 Å². The van der Waals surface area contributed by atoms with Gasteiger partial charge in [-0.25, -0.2) is 0 Å². The summed E-state index contributed by atoms with van der Waals surface area (Å²) in [7, 11) is 0. The number of hydrogen-bond donors (Lipinski definition) is 0. The van der Waals surface area contributed by atoms with Crippen LogP contribution in [-0.4, -0.2) is 0 Å². The average Bonchev–Trinajstić information content (AvgIpc) is 3.30. The molecule has 0 aliphatic heterocycles. The predicted molar refractivity (Wildman–Crippen MR) is 194 cm³/mol. The van der Waals surface area contributed by atoms with Crippen LogP contribution in [-0.2, 0) is 5.41 Å². The maximum atomic E-state index is 2.47. The smallest absolute Gasteiger partial charge is 0.0159 e. The summed E-state index contributed by atoms with van der Waals surface area (Å²) in [5.41, 5.74) is 10.5. The molecule has 0 saturated carbocycles. The summed E-state index contributed by atoms with van der Waals surface area (Å²) in [6.45, 7) is 4.79. The van der Waals surface area contributed by atoms with E-state index in [1.165, 1.54) is 98.4 Å². The second-order valence-electron chi connectivity index (χ2n) is 13.4. The first-order chi connectivity index (χ1) is 22.0. The van der Waals surface area contributed by atoms with E-state index in [2.05, 4.69) is 159 Å². The van der Waals surface area contributed by atoms with Crippen molar-refractivity contribution < 1.29 is 0 Å². The van der Waals surface area contributed by atoms with Gasteiger partial charge < -0.3 is 0 Å².